The van der Waals surface area contributed by atoms with E-state index in [2.05, 4.69) is 41.8 Å². The van der Waals surface area contributed by atoms with Crippen LogP contribution in [0.15, 0.2) is 45.7 Å². The quantitative estimate of drug-likeness (QED) is 0.622. The number of aromatic amines is 2. The average molecular weight is 400 g/mol. The number of fused-ring (bicyclic) bond motifs is 1. The zero-order chi connectivity index (χ0) is 14.3. The zero-order valence-corrected chi connectivity index (χ0v) is 13.3. The molecule has 20 heavy (non-hydrogen) atoms. The van der Waals surface area contributed by atoms with Gasteiger partial charge in [-0.3, -0.25) is 0 Å². The Morgan fingerprint density at radius 3 is 2.40 bits per heavy atom. The van der Waals surface area contributed by atoms with Gasteiger partial charge in [0.2, 0.25) is 0 Å². The van der Waals surface area contributed by atoms with Crippen LogP contribution in [0.2, 0.25) is 0 Å². The Labute approximate surface area is 130 Å². The van der Waals surface area contributed by atoms with Crippen molar-refractivity contribution in [1.82, 2.24) is 9.97 Å². The summed E-state index contributed by atoms with van der Waals surface area (Å²) in [6.45, 7) is 0. The molecule has 3 nitrogen and oxygen atoms in total. The highest BCUT2D eigenvalue weighted by atomic mass is 79.9. The van der Waals surface area contributed by atoms with Crippen molar-refractivity contribution in [2.24, 2.45) is 0 Å². The van der Waals surface area contributed by atoms with Crippen molar-refractivity contribution in [2.45, 2.75) is 4.83 Å². The van der Waals surface area contributed by atoms with E-state index in [1.165, 1.54) is 6.07 Å². The highest BCUT2D eigenvalue weighted by Crippen LogP contribution is 2.33. The second-order valence-corrected chi connectivity index (χ2v) is 6.19. The number of H-pyrrole nitrogens is 2. The van der Waals surface area contributed by atoms with Gasteiger partial charge in [-0.25, -0.2) is 9.18 Å². The Kier molecular flexibility index (Phi) is 3.52. The summed E-state index contributed by atoms with van der Waals surface area (Å²) in [5, 5.41) is 0. The second kappa shape index (κ2) is 5.18. The minimum absolute atomic E-state index is 0.145. The van der Waals surface area contributed by atoms with Gasteiger partial charge in [0.15, 0.2) is 0 Å². The maximum absolute atomic E-state index is 13.6. The molecule has 0 aliphatic heterocycles. The standard InChI is InChI=1S/C14H9Br2FN2O/c15-9-3-1-7(5-10(9)17)13(16)8-2-4-11-12(6-8)19-14(20)18-11/h1-6,13H,(H2,18,19,20). The van der Waals surface area contributed by atoms with Gasteiger partial charge >= 0.3 is 5.69 Å². The Morgan fingerprint density at radius 2 is 1.65 bits per heavy atom. The lowest BCUT2D eigenvalue weighted by molar-refractivity contribution is 0.619. The molecule has 102 valence electrons. The smallest absolute Gasteiger partial charge is 0.306 e. The van der Waals surface area contributed by atoms with E-state index >= 15 is 0 Å². The average Bonchev–Trinajstić information content (AvgIpc) is 2.80. The summed E-state index contributed by atoms with van der Waals surface area (Å²) < 4.78 is 14.0. The van der Waals surface area contributed by atoms with Gasteiger partial charge in [-0.15, -0.1) is 0 Å². The van der Waals surface area contributed by atoms with Gasteiger partial charge in [-0.2, -0.15) is 0 Å². The Morgan fingerprint density at radius 1 is 1.00 bits per heavy atom. The molecule has 0 bridgehead atoms. The molecule has 0 aliphatic rings. The van der Waals surface area contributed by atoms with Crippen LogP contribution in [0.1, 0.15) is 16.0 Å². The predicted molar refractivity (Wildman–Crippen MR) is 83.8 cm³/mol. The molecule has 6 heteroatoms. The first-order chi connectivity index (χ1) is 9.54. The number of aromatic nitrogens is 2. The van der Waals surface area contributed by atoms with Crippen LogP contribution in [0.25, 0.3) is 11.0 Å². The van der Waals surface area contributed by atoms with Crippen LogP contribution in [0.5, 0.6) is 0 Å². The summed E-state index contributed by atoms with van der Waals surface area (Å²) in [7, 11) is 0. The van der Waals surface area contributed by atoms with Crippen molar-refractivity contribution in [3.05, 3.63) is 68.3 Å². The first-order valence-electron chi connectivity index (χ1n) is 5.85. The van der Waals surface area contributed by atoms with E-state index in [9.17, 15) is 9.18 Å². The van der Waals surface area contributed by atoms with Crippen LogP contribution in [0.3, 0.4) is 0 Å². The van der Waals surface area contributed by atoms with E-state index in [1.54, 1.807) is 6.07 Å². The zero-order valence-electron chi connectivity index (χ0n) is 10.1. The van der Waals surface area contributed by atoms with Crippen LogP contribution in [-0.2, 0) is 0 Å². The van der Waals surface area contributed by atoms with E-state index in [4.69, 9.17) is 0 Å². The third-order valence-corrected chi connectivity index (χ3v) is 4.77. The van der Waals surface area contributed by atoms with Gasteiger partial charge in [0.25, 0.3) is 0 Å². The third kappa shape index (κ3) is 2.45. The van der Waals surface area contributed by atoms with Crippen molar-refractivity contribution in [2.75, 3.05) is 0 Å². The minimum atomic E-state index is -0.303. The van der Waals surface area contributed by atoms with Crippen molar-refractivity contribution in [3.8, 4) is 0 Å². The fraction of sp³-hybridized carbons (Fsp3) is 0.0714. The fourth-order valence-corrected chi connectivity index (χ4v) is 2.89. The van der Waals surface area contributed by atoms with Gasteiger partial charge in [-0.1, -0.05) is 28.1 Å². The Balaban J connectivity index is 2.04. The van der Waals surface area contributed by atoms with Crippen LogP contribution in [-0.4, -0.2) is 9.97 Å². The summed E-state index contributed by atoms with van der Waals surface area (Å²) in [5.41, 5.74) is 2.99. The summed E-state index contributed by atoms with van der Waals surface area (Å²) >= 11 is 6.70. The number of rotatable bonds is 2. The molecule has 1 unspecified atom stereocenters. The van der Waals surface area contributed by atoms with Crippen molar-refractivity contribution in [1.29, 1.82) is 0 Å². The monoisotopic (exact) mass is 398 g/mol. The SMILES string of the molecule is O=c1[nH]c2ccc(C(Br)c3ccc(Br)c(F)c3)cc2[nH]1. The molecular formula is C14H9Br2FN2O. The van der Waals surface area contributed by atoms with Crippen LogP contribution >= 0.6 is 31.9 Å². The van der Waals surface area contributed by atoms with Crippen LogP contribution in [0, 0.1) is 5.82 Å². The first-order valence-corrected chi connectivity index (χ1v) is 7.56. The van der Waals surface area contributed by atoms with E-state index in [-0.39, 0.29) is 16.3 Å². The largest absolute Gasteiger partial charge is 0.323 e. The highest BCUT2D eigenvalue weighted by molar-refractivity contribution is 9.10. The van der Waals surface area contributed by atoms with Gasteiger partial charge in [0, 0.05) is 0 Å². The van der Waals surface area contributed by atoms with E-state index in [0.29, 0.717) is 4.47 Å². The van der Waals surface area contributed by atoms with Crippen LogP contribution < -0.4 is 5.69 Å². The van der Waals surface area contributed by atoms with Crippen molar-refractivity contribution < 1.29 is 4.39 Å². The molecule has 1 atom stereocenters. The summed E-state index contributed by atoms with van der Waals surface area (Å²) in [4.78, 5) is 16.5. The Hall–Kier alpha value is -1.40. The molecule has 0 saturated carbocycles. The van der Waals surface area contributed by atoms with E-state index < -0.39 is 0 Å². The number of alkyl halides is 1. The predicted octanol–water partition coefficient (Wildman–Crippen LogP) is 4.24. The van der Waals surface area contributed by atoms with Crippen molar-refractivity contribution >= 4 is 42.9 Å². The molecular weight excluding hydrogens is 391 g/mol. The number of nitrogens with one attached hydrogen (secondary N) is 2. The number of benzene rings is 2. The fourth-order valence-electron chi connectivity index (χ4n) is 2.07. The lowest BCUT2D eigenvalue weighted by atomic mass is 10.0. The normalized spacial score (nSPS) is 12.8. The molecule has 0 fully saturated rings. The van der Waals surface area contributed by atoms with Gasteiger partial charge in [-0.05, 0) is 51.3 Å². The van der Waals surface area contributed by atoms with Crippen molar-refractivity contribution in [3.63, 3.8) is 0 Å². The number of hydrogen-bond acceptors (Lipinski definition) is 1. The Bertz CT molecular complexity index is 841. The lowest BCUT2D eigenvalue weighted by Gasteiger charge is -2.11. The number of imidazole rings is 1. The molecule has 0 radical (unpaired) electrons. The van der Waals surface area contributed by atoms with E-state index in [1.807, 2.05) is 24.3 Å². The number of halogens is 3. The third-order valence-electron chi connectivity index (χ3n) is 3.07. The summed E-state index contributed by atoms with van der Waals surface area (Å²) in [5.74, 6) is -0.303. The molecule has 0 aliphatic carbocycles. The van der Waals surface area contributed by atoms with E-state index in [0.717, 1.165) is 22.2 Å². The topological polar surface area (TPSA) is 48.6 Å². The summed E-state index contributed by atoms with van der Waals surface area (Å²) in [6, 6.07) is 10.6. The first kappa shape index (κ1) is 13.6. The molecule has 3 rings (SSSR count). The van der Waals surface area contributed by atoms with Gasteiger partial charge < -0.3 is 9.97 Å². The maximum Gasteiger partial charge on any atom is 0.323 e. The molecule has 2 N–H and O–H groups in total. The molecule has 0 spiro atoms. The summed E-state index contributed by atoms with van der Waals surface area (Å²) in [6.07, 6.45) is 0. The van der Waals surface area contributed by atoms with Gasteiger partial charge in [0.05, 0.1) is 20.3 Å². The molecule has 1 aromatic heterocycles. The maximum atomic E-state index is 13.6. The van der Waals surface area contributed by atoms with Gasteiger partial charge in [0.1, 0.15) is 5.82 Å². The molecule has 0 amide bonds. The molecule has 0 saturated heterocycles. The molecule has 3 aromatic rings. The van der Waals surface area contributed by atoms with Crippen LogP contribution in [0.4, 0.5) is 4.39 Å². The minimum Gasteiger partial charge on any atom is -0.306 e. The second-order valence-electron chi connectivity index (χ2n) is 4.42. The number of hydrogen-bond donors (Lipinski definition) is 2. The highest BCUT2D eigenvalue weighted by Gasteiger charge is 2.13. The molecule has 1 heterocycles. The molecule has 2 aromatic carbocycles. The lowest BCUT2D eigenvalue weighted by Crippen LogP contribution is -1.99.